The van der Waals surface area contributed by atoms with Gasteiger partial charge in [0.2, 0.25) is 6.79 Å². The van der Waals surface area contributed by atoms with Crippen LogP contribution in [0.5, 0.6) is 11.5 Å². The predicted octanol–water partition coefficient (Wildman–Crippen LogP) is 2.54. The van der Waals surface area contributed by atoms with Gasteiger partial charge in [-0.2, -0.15) is 0 Å². The van der Waals surface area contributed by atoms with Gasteiger partial charge in [0.15, 0.2) is 21.2 Å². The van der Waals surface area contributed by atoms with Gasteiger partial charge in [-0.05, 0) is 45.1 Å². The molecule has 7 nitrogen and oxygen atoms in total. The first-order valence-corrected chi connectivity index (χ1v) is 11.8. The van der Waals surface area contributed by atoms with E-state index in [-0.39, 0.29) is 30.1 Å². The molecule has 2 bridgehead atoms. The number of fused-ring (bicyclic) bond motifs is 3. The Morgan fingerprint density at radius 1 is 1.14 bits per heavy atom. The summed E-state index contributed by atoms with van der Waals surface area (Å²) >= 11 is 0. The Morgan fingerprint density at radius 2 is 1.86 bits per heavy atom. The summed E-state index contributed by atoms with van der Waals surface area (Å²) in [7, 11) is 8.89. The number of nitrogens with zero attached hydrogens (tertiary/aromatic N) is 3. The largest absolute Gasteiger partial charge is 0.454 e. The lowest BCUT2D eigenvalue weighted by Crippen LogP contribution is -2.73. The van der Waals surface area contributed by atoms with E-state index in [1.807, 2.05) is 44.1 Å². The smallest absolute Gasteiger partial charge is 0.261 e. The van der Waals surface area contributed by atoms with E-state index in [9.17, 15) is 9.59 Å². The summed E-state index contributed by atoms with van der Waals surface area (Å²) in [6, 6.07) is 5.67. The Kier molecular flexibility index (Phi) is 4.00. The SMILES string of the molecule is CN(C)C[C@@]1(C)CC23SSC(C)(C(=O)N2C1c1ccc2c(c1)OCO2)N(C)C3=O. The first kappa shape index (κ1) is 19.4. The van der Waals surface area contributed by atoms with E-state index < -0.39 is 9.74 Å². The van der Waals surface area contributed by atoms with Gasteiger partial charge >= 0.3 is 0 Å². The molecule has 1 aromatic rings. The molecule has 29 heavy (non-hydrogen) atoms. The summed E-state index contributed by atoms with van der Waals surface area (Å²) < 4.78 is 11.1. The van der Waals surface area contributed by atoms with Crippen molar-refractivity contribution in [3.63, 3.8) is 0 Å². The number of piperazine rings is 1. The van der Waals surface area contributed by atoms with Gasteiger partial charge in [-0.3, -0.25) is 9.59 Å². The minimum Gasteiger partial charge on any atom is -0.454 e. The van der Waals surface area contributed by atoms with Gasteiger partial charge in [-0.1, -0.05) is 34.6 Å². The number of carbonyl (C=O) groups is 2. The van der Waals surface area contributed by atoms with E-state index in [4.69, 9.17) is 9.47 Å². The van der Waals surface area contributed by atoms with E-state index in [1.54, 1.807) is 22.7 Å². The summed E-state index contributed by atoms with van der Waals surface area (Å²) in [6.07, 6.45) is 0.611. The van der Waals surface area contributed by atoms with Gasteiger partial charge in [-0.25, -0.2) is 0 Å². The molecule has 5 aliphatic heterocycles. The Morgan fingerprint density at radius 3 is 2.59 bits per heavy atom. The molecule has 1 aromatic carbocycles. The Bertz CT molecular complexity index is 927. The third-order valence-electron chi connectivity index (χ3n) is 6.58. The molecule has 4 fully saturated rings. The number of hydrogen-bond donors (Lipinski definition) is 0. The minimum absolute atomic E-state index is 0.00787. The first-order chi connectivity index (χ1) is 13.6. The summed E-state index contributed by atoms with van der Waals surface area (Å²) in [6.45, 7) is 5.01. The van der Waals surface area contributed by atoms with E-state index >= 15 is 0 Å². The monoisotopic (exact) mass is 435 g/mol. The lowest BCUT2D eigenvalue weighted by atomic mass is 9.77. The van der Waals surface area contributed by atoms with Crippen molar-refractivity contribution >= 4 is 33.4 Å². The number of benzene rings is 1. The van der Waals surface area contributed by atoms with Crippen LogP contribution in [0.3, 0.4) is 0 Å². The molecule has 4 saturated heterocycles. The second kappa shape index (κ2) is 5.98. The van der Waals surface area contributed by atoms with Crippen LogP contribution < -0.4 is 9.47 Å². The maximum absolute atomic E-state index is 13.8. The standard InChI is InChI=1S/C20H25N3O4S2/c1-18(10-21(3)4)9-20-17(25)22(5)19(2,28-29-20)16(24)23(20)15(18)12-6-7-13-14(8-12)27-11-26-13/h6-8,15H,9-11H2,1-5H3/t15?,18-,19?,20?/m1/s1. The Hall–Kier alpha value is -1.58. The first-order valence-electron chi connectivity index (χ1n) is 9.66. The van der Waals surface area contributed by atoms with Gasteiger partial charge in [0, 0.05) is 19.0 Å². The van der Waals surface area contributed by atoms with Crippen molar-refractivity contribution in [1.82, 2.24) is 14.7 Å². The highest BCUT2D eigenvalue weighted by molar-refractivity contribution is 8.78. The van der Waals surface area contributed by atoms with Gasteiger partial charge < -0.3 is 24.2 Å². The van der Waals surface area contributed by atoms with Crippen molar-refractivity contribution < 1.29 is 19.1 Å². The van der Waals surface area contributed by atoms with Crippen LogP contribution in [0.25, 0.3) is 0 Å². The molecule has 3 unspecified atom stereocenters. The molecule has 0 aliphatic carbocycles. The second-order valence-corrected chi connectivity index (χ2v) is 11.9. The fourth-order valence-electron chi connectivity index (χ4n) is 5.38. The number of hydrogen-bond acceptors (Lipinski definition) is 7. The van der Waals surface area contributed by atoms with E-state index in [0.717, 1.165) is 17.9 Å². The summed E-state index contributed by atoms with van der Waals surface area (Å²) in [4.78, 5) is 31.2. The van der Waals surface area contributed by atoms with Crippen molar-refractivity contribution in [2.45, 2.75) is 36.1 Å². The van der Waals surface area contributed by atoms with E-state index in [0.29, 0.717) is 12.2 Å². The molecule has 5 heterocycles. The van der Waals surface area contributed by atoms with Gasteiger partial charge in [0.05, 0.1) is 6.04 Å². The zero-order chi connectivity index (χ0) is 20.8. The quantitative estimate of drug-likeness (QED) is 0.676. The highest BCUT2D eigenvalue weighted by Crippen LogP contribution is 2.69. The normalized spacial score (nSPS) is 37.7. The van der Waals surface area contributed by atoms with Crippen LogP contribution in [0.4, 0.5) is 0 Å². The molecular formula is C20H25N3O4S2. The van der Waals surface area contributed by atoms with Crippen molar-refractivity contribution in [3.05, 3.63) is 23.8 Å². The Balaban J connectivity index is 1.69. The molecule has 5 aliphatic rings. The minimum atomic E-state index is -0.887. The van der Waals surface area contributed by atoms with Gasteiger partial charge in [0.25, 0.3) is 11.8 Å². The van der Waals surface area contributed by atoms with E-state index in [1.165, 1.54) is 10.8 Å². The predicted molar refractivity (Wildman–Crippen MR) is 113 cm³/mol. The Labute approximate surface area is 178 Å². The number of rotatable bonds is 3. The zero-order valence-electron chi connectivity index (χ0n) is 17.2. The van der Waals surface area contributed by atoms with Gasteiger partial charge in [0.1, 0.15) is 0 Å². The number of amides is 2. The van der Waals surface area contributed by atoms with Crippen LogP contribution in [-0.4, -0.2) is 70.7 Å². The topological polar surface area (TPSA) is 62.3 Å². The average molecular weight is 436 g/mol. The van der Waals surface area contributed by atoms with Crippen molar-refractivity contribution in [2.24, 2.45) is 5.41 Å². The highest BCUT2D eigenvalue weighted by Gasteiger charge is 2.74. The molecule has 1 spiro atoms. The fourth-order valence-corrected chi connectivity index (χ4v) is 8.99. The molecule has 0 radical (unpaired) electrons. The molecule has 2 amide bonds. The lowest BCUT2D eigenvalue weighted by Gasteiger charge is -2.57. The molecule has 0 N–H and O–H groups in total. The average Bonchev–Trinajstić information content (AvgIpc) is 3.22. The third-order valence-corrected chi connectivity index (χ3v) is 10.3. The zero-order valence-corrected chi connectivity index (χ0v) is 18.9. The molecule has 156 valence electrons. The molecule has 9 heteroatoms. The van der Waals surface area contributed by atoms with Crippen molar-refractivity contribution in [1.29, 1.82) is 0 Å². The van der Waals surface area contributed by atoms with Crippen LogP contribution in [-0.2, 0) is 9.59 Å². The fraction of sp³-hybridized carbons (Fsp3) is 0.600. The summed E-state index contributed by atoms with van der Waals surface area (Å²) in [5.41, 5.74) is 0.688. The number of carbonyl (C=O) groups excluding carboxylic acids is 2. The molecule has 6 rings (SSSR count). The van der Waals surface area contributed by atoms with Crippen LogP contribution in [0.15, 0.2) is 18.2 Å². The van der Waals surface area contributed by atoms with Crippen LogP contribution in [0.1, 0.15) is 31.9 Å². The summed E-state index contributed by atoms with van der Waals surface area (Å²) in [5, 5.41) is 0. The third kappa shape index (κ3) is 2.38. The maximum atomic E-state index is 13.8. The molecule has 0 saturated carbocycles. The second-order valence-electron chi connectivity index (χ2n) is 9.06. The van der Waals surface area contributed by atoms with Gasteiger partial charge in [-0.15, -0.1) is 0 Å². The molecule has 0 aromatic heterocycles. The maximum Gasteiger partial charge on any atom is 0.261 e. The van der Waals surface area contributed by atoms with Crippen LogP contribution in [0.2, 0.25) is 0 Å². The van der Waals surface area contributed by atoms with Crippen molar-refractivity contribution in [3.8, 4) is 11.5 Å². The molecule has 4 atom stereocenters. The number of ether oxygens (including phenoxy) is 2. The van der Waals surface area contributed by atoms with Crippen molar-refractivity contribution in [2.75, 3.05) is 34.5 Å². The molecular weight excluding hydrogens is 410 g/mol. The highest BCUT2D eigenvalue weighted by atomic mass is 33.1. The van der Waals surface area contributed by atoms with Crippen LogP contribution in [0, 0.1) is 5.41 Å². The van der Waals surface area contributed by atoms with E-state index in [2.05, 4.69) is 11.8 Å². The number of likely N-dealkylation sites (N-methyl/N-ethyl adjacent to an activating group) is 1. The summed E-state index contributed by atoms with van der Waals surface area (Å²) in [5.74, 6) is 1.45. The lowest BCUT2D eigenvalue weighted by molar-refractivity contribution is -0.164. The van der Waals surface area contributed by atoms with Crippen LogP contribution >= 0.6 is 21.6 Å².